The molecule has 0 bridgehead atoms. The van der Waals surface area contributed by atoms with Gasteiger partial charge in [0.2, 0.25) is 0 Å². The van der Waals surface area contributed by atoms with Crippen molar-refractivity contribution in [2.45, 2.75) is 25.5 Å². The number of aliphatic hydroxyl groups excluding tert-OH is 1. The number of carbonyl (C=O) groups excluding carboxylic acids is 1. The van der Waals surface area contributed by atoms with Gasteiger partial charge in [0.1, 0.15) is 0 Å². The Hall–Kier alpha value is -2.18. The Morgan fingerprint density at radius 2 is 2.35 bits per heavy atom. The summed E-state index contributed by atoms with van der Waals surface area (Å²) in [5, 5.41) is 16.6. The minimum atomic E-state index is -0.235. The first-order chi connectivity index (χ1) is 11.1. The molecule has 1 fully saturated rings. The van der Waals surface area contributed by atoms with Crippen LogP contribution >= 0.6 is 0 Å². The molecule has 0 aliphatic carbocycles. The van der Waals surface area contributed by atoms with Crippen LogP contribution in [0.15, 0.2) is 36.7 Å². The summed E-state index contributed by atoms with van der Waals surface area (Å²) in [6.07, 6.45) is 5.04. The summed E-state index contributed by atoms with van der Waals surface area (Å²) in [6.45, 7) is 2.44. The second kappa shape index (κ2) is 6.93. The molecule has 23 heavy (non-hydrogen) atoms. The van der Waals surface area contributed by atoms with Gasteiger partial charge in [-0.2, -0.15) is 5.10 Å². The maximum atomic E-state index is 12.3. The average molecular weight is 314 g/mol. The molecule has 1 amide bonds. The van der Waals surface area contributed by atoms with Crippen molar-refractivity contribution in [2.75, 3.05) is 18.4 Å². The Bertz CT molecular complexity index is 683. The standard InChI is InChI=1S/C17H22N4O2/c1-20-11-15(9-18-20)19-17(23)14-5-2-4-13(8-14)10-21-7-3-6-16(22)12-21/h2,4-5,8-9,11,16,22H,3,6-7,10,12H2,1H3,(H,19,23). The summed E-state index contributed by atoms with van der Waals surface area (Å²) in [7, 11) is 1.81. The highest BCUT2D eigenvalue weighted by atomic mass is 16.3. The zero-order valence-corrected chi connectivity index (χ0v) is 13.3. The number of carbonyl (C=O) groups is 1. The minimum Gasteiger partial charge on any atom is -0.392 e. The number of anilines is 1. The molecule has 1 saturated heterocycles. The zero-order valence-electron chi connectivity index (χ0n) is 13.3. The van der Waals surface area contributed by atoms with Crippen LogP contribution < -0.4 is 5.32 Å². The van der Waals surface area contributed by atoms with Crippen molar-refractivity contribution in [1.82, 2.24) is 14.7 Å². The van der Waals surface area contributed by atoms with Gasteiger partial charge in [-0.1, -0.05) is 12.1 Å². The van der Waals surface area contributed by atoms with Crippen molar-refractivity contribution in [3.63, 3.8) is 0 Å². The van der Waals surface area contributed by atoms with Gasteiger partial charge in [-0.3, -0.25) is 14.4 Å². The molecule has 122 valence electrons. The number of rotatable bonds is 4. The Balaban J connectivity index is 1.65. The molecule has 6 heteroatoms. The second-order valence-corrected chi connectivity index (χ2v) is 6.09. The average Bonchev–Trinajstić information content (AvgIpc) is 2.92. The van der Waals surface area contributed by atoms with Crippen molar-refractivity contribution in [3.8, 4) is 0 Å². The number of amides is 1. The molecule has 1 aliphatic rings. The number of aromatic nitrogens is 2. The predicted octanol–water partition coefficient (Wildman–Crippen LogP) is 1.63. The first kappa shape index (κ1) is 15.7. The molecule has 1 aromatic carbocycles. The van der Waals surface area contributed by atoms with Gasteiger partial charge in [-0.15, -0.1) is 0 Å². The van der Waals surface area contributed by atoms with E-state index in [-0.39, 0.29) is 12.0 Å². The van der Waals surface area contributed by atoms with Crippen LogP contribution in [0.5, 0.6) is 0 Å². The molecule has 2 heterocycles. The molecule has 0 saturated carbocycles. The Morgan fingerprint density at radius 3 is 3.09 bits per heavy atom. The number of β-amino-alcohol motifs (C(OH)–C–C–N with tert-alkyl or cyclic N) is 1. The van der Waals surface area contributed by atoms with Crippen molar-refractivity contribution in [2.24, 2.45) is 7.05 Å². The highest BCUT2D eigenvalue weighted by Gasteiger charge is 2.18. The molecular weight excluding hydrogens is 292 g/mol. The van der Waals surface area contributed by atoms with E-state index < -0.39 is 0 Å². The third-order valence-electron chi connectivity index (χ3n) is 4.04. The summed E-state index contributed by atoms with van der Waals surface area (Å²) in [5.41, 5.74) is 2.39. The van der Waals surface area contributed by atoms with E-state index in [1.165, 1.54) is 0 Å². The van der Waals surface area contributed by atoms with E-state index >= 15 is 0 Å². The van der Waals surface area contributed by atoms with Gasteiger partial charge < -0.3 is 10.4 Å². The van der Waals surface area contributed by atoms with Gasteiger partial charge >= 0.3 is 0 Å². The Morgan fingerprint density at radius 1 is 1.48 bits per heavy atom. The number of aryl methyl sites for hydroxylation is 1. The summed E-state index contributed by atoms with van der Waals surface area (Å²) >= 11 is 0. The third-order valence-corrected chi connectivity index (χ3v) is 4.04. The molecule has 2 aromatic rings. The summed E-state index contributed by atoms with van der Waals surface area (Å²) in [5.74, 6) is -0.140. The maximum Gasteiger partial charge on any atom is 0.255 e. The number of aliphatic hydroxyl groups is 1. The fourth-order valence-electron chi connectivity index (χ4n) is 2.93. The van der Waals surface area contributed by atoms with Gasteiger partial charge in [0.25, 0.3) is 5.91 Å². The summed E-state index contributed by atoms with van der Waals surface area (Å²) in [4.78, 5) is 14.5. The molecule has 2 N–H and O–H groups in total. The van der Waals surface area contributed by atoms with Crippen molar-refractivity contribution in [3.05, 3.63) is 47.8 Å². The SMILES string of the molecule is Cn1cc(NC(=O)c2cccc(CN3CCCC(O)C3)c2)cn1. The Labute approximate surface area is 135 Å². The fraction of sp³-hybridized carbons (Fsp3) is 0.412. The van der Waals surface area contributed by atoms with Gasteiger partial charge in [-0.25, -0.2) is 0 Å². The predicted molar refractivity (Wildman–Crippen MR) is 88.1 cm³/mol. The number of benzene rings is 1. The lowest BCUT2D eigenvalue weighted by Gasteiger charge is -2.30. The molecule has 0 radical (unpaired) electrons. The lowest BCUT2D eigenvalue weighted by atomic mass is 10.1. The number of nitrogens with zero attached hydrogens (tertiary/aromatic N) is 3. The summed E-state index contributed by atoms with van der Waals surface area (Å²) in [6, 6.07) is 7.63. The highest BCUT2D eigenvalue weighted by Crippen LogP contribution is 2.15. The van der Waals surface area contributed by atoms with E-state index in [4.69, 9.17) is 0 Å². The van der Waals surface area contributed by atoms with Crippen molar-refractivity contribution < 1.29 is 9.90 Å². The van der Waals surface area contributed by atoms with Gasteiger partial charge in [0.05, 0.1) is 18.0 Å². The van der Waals surface area contributed by atoms with E-state index in [9.17, 15) is 9.90 Å². The van der Waals surface area contributed by atoms with Crippen LogP contribution in [0.1, 0.15) is 28.8 Å². The Kier molecular flexibility index (Phi) is 4.73. The van der Waals surface area contributed by atoms with Gasteiger partial charge in [-0.05, 0) is 37.1 Å². The normalized spacial score (nSPS) is 18.8. The van der Waals surface area contributed by atoms with Crippen LogP contribution in [0.25, 0.3) is 0 Å². The number of likely N-dealkylation sites (tertiary alicyclic amines) is 1. The number of hydrogen-bond donors (Lipinski definition) is 2. The molecule has 1 aromatic heterocycles. The van der Waals surface area contributed by atoms with Crippen molar-refractivity contribution >= 4 is 11.6 Å². The molecule has 0 spiro atoms. The largest absolute Gasteiger partial charge is 0.392 e. The number of nitrogens with one attached hydrogen (secondary N) is 1. The lowest BCUT2D eigenvalue weighted by Crippen LogP contribution is -2.37. The monoisotopic (exact) mass is 314 g/mol. The van der Waals surface area contributed by atoms with Crippen LogP contribution in [-0.4, -0.2) is 44.9 Å². The number of piperidine rings is 1. The smallest absolute Gasteiger partial charge is 0.255 e. The molecule has 6 nitrogen and oxygen atoms in total. The number of hydrogen-bond acceptors (Lipinski definition) is 4. The lowest BCUT2D eigenvalue weighted by molar-refractivity contribution is 0.0668. The second-order valence-electron chi connectivity index (χ2n) is 6.09. The van der Waals surface area contributed by atoms with Crippen LogP contribution in [0, 0.1) is 0 Å². The molecule has 1 aliphatic heterocycles. The fourth-order valence-corrected chi connectivity index (χ4v) is 2.93. The maximum absolute atomic E-state index is 12.3. The van der Waals surface area contributed by atoms with Gasteiger partial charge in [0, 0.05) is 31.9 Å². The third kappa shape index (κ3) is 4.18. The van der Waals surface area contributed by atoms with E-state index in [1.54, 1.807) is 23.1 Å². The van der Waals surface area contributed by atoms with E-state index in [0.717, 1.165) is 31.5 Å². The summed E-state index contributed by atoms with van der Waals surface area (Å²) < 4.78 is 1.65. The van der Waals surface area contributed by atoms with Crippen LogP contribution in [0.2, 0.25) is 0 Å². The van der Waals surface area contributed by atoms with E-state index in [1.807, 2.05) is 25.2 Å². The first-order valence-electron chi connectivity index (χ1n) is 7.89. The topological polar surface area (TPSA) is 70.4 Å². The molecule has 1 atom stereocenters. The van der Waals surface area contributed by atoms with Crippen LogP contribution in [0.3, 0.4) is 0 Å². The minimum absolute atomic E-state index is 0.140. The highest BCUT2D eigenvalue weighted by molar-refractivity contribution is 6.04. The van der Waals surface area contributed by atoms with E-state index in [2.05, 4.69) is 15.3 Å². The van der Waals surface area contributed by atoms with Gasteiger partial charge in [0.15, 0.2) is 0 Å². The molecule has 3 rings (SSSR count). The first-order valence-corrected chi connectivity index (χ1v) is 7.89. The quantitative estimate of drug-likeness (QED) is 0.900. The molecule has 1 unspecified atom stereocenters. The van der Waals surface area contributed by atoms with Crippen LogP contribution in [0.4, 0.5) is 5.69 Å². The zero-order chi connectivity index (χ0) is 16.2. The van der Waals surface area contributed by atoms with Crippen LogP contribution in [-0.2, 0) is 13.6 Å². The van der Waals surface area contributed by atoms with E-state index in [0.29, 0.717) is 17.8 Å². The van der Waals surface area contributed by atoms with Crippen molar-refractivity contribution in [1.29, 1.82) is 0 Å². The molecular formula is C17H22N4O2.